The summed E-state index contributed by atoms with van der Waals surface area (Å²) in [6.07, 6.45) is 1.40. The molecule has 88 valence electrons. The molecule has 6 nitrogen and oxygen atoms in total. The Kier molecular flexibility index (Phi) is 3.18. The molecule has 7 heteroatoms. The van der Waals surface area contributed by atoms with E-state index in [0.29, 0.717) is 20.6 Å². The van der Waals surface area contributed by atoms with Crippen molar-refractivity contribution in [2.45, 2.75) is 0 Å². The van der Waals surface area contributed by atoms with Gasteiger partial charge in [0.05, 0.1) is 15.5 Å². The van der Waals surface area contributed by atoms with Gasteiger partial charge in [-0.05, 0) is 40.8 Å². The fourth-order valence-corrected chi connectivity index (χ4v) is 1.57. The number of hydrogen-bond donors (Lipinski definition) is 4. The van der Waals surface area contributed by atoms with Crippen molar-refractivity contribution < 1.29 is 9.90 Å². The number of aromatic hydroxyl groups is 1. The van der Waals surface area contributed by atoms with Crippen LogP contribution in [0.15, 0.2) is 24.4 Å². The van der Waals surface area contributed by atoms with Crippen molar-refractivity contribution in [1.82, 2.24) is 10.2 Å². The van der Waals surface area contributed by atoms with Crippen LogP contribution in [0.5, 0.6) is 5.75 Å². The van der Waals surface area contributed by atoms with E-state index in [9.17, 15) is 9.90 Å². The SMILES string of the molecule is Nc1cn[nH]c1NC(=O)c1ccc(I)c(O)c1. The third-order valence-corrected chi connectivity index (χ3v) is 3.03. The number of carbonyl (C=O) groups is 1. The van der Waals surface area contributed by atoms with E-state index in [1.807, 2.05) is 22.6 Å². The molecule has 5 N–H and O–H groups in total. The van der Waals surface area contributed by atoms with Crippen LogP contribution in [-0.4, -0.2) is 21.2 Å². The van der Waals surface area contributed by atoms with Gasteiger partial charge in [0, 0.05) is 5.56 Å². The van der Waals surface area contributed by atoms with E-state index in [-0.39, 0.29) is 11.7 Å². The maximum Gasteiger partial charge on any atom is 0.256 e. The molecule has 0 atom stereocenters. The normalized spacial score (nSPS) is 10.2. The Hall–Kier alpha value is -1.77. The van der Waals surface area contributed by atoms with Crippen molar-refractivity contribution in [3.8, 4) is 5.75 Å². The molecule has 0 radical (unpaired) electrons. The molecule has 0 fully saturated rings. The molecule has 0 bridgehead atoms. The number of nitrogens with one attached hydrogen (secondary N) is 2. The number of halogens is 1. The third-order valence-electron chi connectivity index (χ3n) is 2.12. The van der Waals surface area contributed by atoms with Gasteiger partial charge in [0.2, 0.25) is 0 Å². The molecule has 0 aliphatic rings. The molecule has 2 rings (SSSR count). The molecular formula is C10H9IN4O2. The number of amides is 1. The Morgan fingerprint density at radius 2 is 2.29 bits per heavy atom. The van der Waals surface area contributed by atoms with E-state index in [0.717, 1.165) is 0 Å². The van der Waals surface area contributed by atoms with Crippen molar-refractivity contribution in [3.63, 3.8) is 0 Å². The predicted octanol–water partition coefficient (Wildman–Crippen LogP) is 1.55. The number of anilines is 2. The Bertz CT molecular complexity index is 567. The second-order valence-electron chi connectivity index (χ2n) is 3.32. The summed E-state index contributed by atoms with van der Waals surface area (Å²) >= 11 is 1.97. The number of aromatic nitrogens is 2. The van der Waals surface area contributed by atoms with E-state index in [4.69, 9.17) is 5.73 Å². The van der Waals surface area contributed by atoms with Crippen LogP contribution >= 0.6 is 22.6 Å². The smallest absolute Gasteiger partial charge is 0.256 e. The average molecular weight is 344 g/mol. The van der Waals surface area contributed by atoms with Crippen LogP contribution in [0.2, 0.25) is 0 Å². The maximum atomic E-state index is 11.8. The molecule has 2 aromatic rings. The number of nitrogens with zero attached hydrogens (tertiary/aromatic N) is 1. The minimum atomic E-state index is -0.368. The zero-order valence-corrected chi connectivity index (χ0v) is 10.7. The maximum absolute atomic E-state index is 11.8. The van der Waals surface area contributed by atoms with E-state index in [2.05, 4.69) is 15.5 Å². The van der Waals surface area contributed by atoms with Gasteiger partial charge in [0.1, 0.15) is 5.75 Å². The number of benzene rings is 1. The molecule has 17 heavy (non-hydrogen) atoms. The highest BCUT2D eigenvalue weighted by Gasteiger charge is 2.10. The van der Waals surface area contributed by atoms with Crippen LogP contribution in [-0.2, 0) is 0 Å². The van der Waals surface area contributed by atoms with Crippen LogP contribution in [0.3, 0.4) is 0 Å². The van der Waals surface area contributed by atoms with Gasteiger partial charge >= 0.3 is 0 Å². The number of rotatable bonds is 2. The molecule has 1 amide bonds. The Labute approximate surface area is 110 Å². The van der Waals surface area contributed by atoms with E-state index >= 15 is 0 Å². The summed E-state index contributed by atoms with van der Waals surface area (Å²) in [4.78, 5) is 11.8. The van der Waals surface area contributed by atoms with E-state index < -0.39 is 0 Å². The number of phenols is 1. The summed E-state index contributed by atoms with van der Waals surface area (Å²) in [5, 5.41) is 18.3. The van der Waals surface area contributed by atoms with Crippen molar-refractivity contribution >= 4 is 40.0 Å². The molecule has 1 heterocycles. The summed E-state index contributed by atoms with van der Waals surface area (Å²) in [5.74, 6) is 0.0384. The van der Waals surface area contributed by atoms with Crippen LogP contribution < -0.4 is 11.1 Å². The molecule has 0 saturated carbocycles. The number of nitrogen functional groups attached to an aromatic ring is 1. The summed E-state index contributed by atoms with van der Waals surface area (Å²) in [6, 6.07) is 4.66. The van der Waals surface area contributed by atoms with Gasteiger partial charge in [-0.2, -0.15) is 5.10 Å². The number of phenolic OH excluding ortho intramolecular Hbond substituents is 1. The van der Waals surface area contributed by atoms with Gasteiger partial charge in [-0.1, -0.05) is 0 Å². The van der Waals surface area contributed by atoms with Gasteiger partial charge in [0.25, 0.3) is 5.91 Å². The second-order valence-corrected chi connectivity index (χ2v) is 4.48. The summed E-state index contributed by atoms with van der Waals surface area (Å²) in [6.45, 7) is 0. The Morgan fingerprint density at radius 1 is 1.53 bits per heavy atom. The molecule has 0 aliphatic carbocycles. The first-order valence-corrected chi connectivity index (χ1v) is 5.74. The first-order chi connectivity index (χ1) is 8.08. The topological polar surface area (TPSA) is 104 Å². The lowest BCUT2D eigenvalue weighted by Crippen LogP contribution is -2.13. The van der Waals surface area contributed by atoms with Crippen molar-refractivity contribution in [3.05, 3.63) is 33.5 Å². The molecule has 0 aliphatic heterocycles. The van der Waals surface area contributed by atoms with Crippen molar-refractivity contribution in [2.75, 3.05) is 11.1 Å². The highest BCUT2D eigenvalue weighted by atomic mass is 127. The standard InChI is InChI=1S/C10H9IN4O2/c11-6-2-1-5(3-8(6)16)10(17)14-9-7(12)4-13-15-9/h1-4,16H,12H2,(H2,13,14,15,17). The highest BCUT2D eigenvalue weighted by molar-refractivity contribution is 14.1. The summed E-state index contributed by atoms with van der Waals surface area (Å²) in [5.41, 5.74) is 6.26. The lowest BCUT2D eigenvalue weighted by atomic mass is 10.2. The number of H-pyrrole nitrogens is 1. The zero-order valence-electron chi connectivity index (χ0n) is 8.57. The largest absolute Gasteiger partial charge is 0.507 e. The monoisotopic (exact) mass is 344 g/mol. The molecule has 0 spiro atoms. The van der Waals surface area contributed by atoms with Gasteiger partial charge < -0.3 is 16.2 Å². The first-order valence-electron chi connectivity index (χ1n) is 4.66. The number of hydrogen-bond acceptors (Lipinski definition) is 4. The van der Waals surface area contributed by atoms with Crippen LogP contribution in [0.25, 0.3) is 0 Å². The van der Waals surface area contributed by atoms with Crippen LogP contribution in [0, 0.1) is 3.57 Å². The van der Waals surface area contributed by atoms with E-state index in [1.54, 1.807) is 12.1 Å². The van der Waals surface area contributed by atoms with Crippen molar-refractivity contribution in [1.29, 1.82) is 0 Å². The summed E-state index contributed by atoms with van der Waals surface area (Å²) < 4.78 is 0.681. The molecular weight excluding hydrogens is 335 g/mol. The third kappa shape index (κ3) is 2.49. The quantitative estimate of drug-likeness (QED) is 0.621. The Balaban J connectivity index is 2.20. The van der Waals surface area contributed by atoms with Crippen LogP contribution in [0.1, 0.15) is 10.4 Å². The molecule has 0 unspecified atom stereocenters. The van der Waals surface area contributed by atoms with Gasteiger partial charge in [-0.25, -0.2) is 0 Å². The minimum absolute atomic E-state index is 0.0656. The number of aromatic amines is 1. The van der Waals surface area contributed by atoms with Crippen molar-refractivity contribution in [2.24, 2.45) is 0 Å². The predicted molar refractivity (Wildman–Crippen MR) is 71.8 cm³/mol. The Morgan fingerprint density at radius 3 is 2.88 bits per heavy atom. The van der Waals surface area contributed by atoms with Gasteiger partial charge in [-0.3, -0.25) is 9.89 Å². The number of carbonyl (C=O) groups excluding carboxylic acids is 1. The van der Waals surface area contributed by atoms with E-state index in [1.165, 1.54) is 12.3 Å². The summed E-state index contributed by atoms with van der Waals surface area (Å²) in [7, 11) is 0. The lowest BCUT2D eigenvalue weighted by Gasteiger charge is -2.04. The molecule has 0 saturated heterocycles. The van der Waals surface area contributed by atoms with Gasteiger partial charge in [0.15, 0.2) is 5.82 Å². The zero-order chi connectivity index (χ0) is 12.4. The van der Waals surface area contributed by atoms with Gasteiger partial charge in [-0.15, -0.1) is 0 Å². The molecule has 1 aromatic heterocycles. The highest BCUT2D eigenvalue weighted by Crippen LogP contribution is 2.21. The fraction of sp³-hybridized carbons (Fsp3) is 0. The first kappa shape index (κ1) is 11.7. The fourth-order valence-electron chi connectivity index (χ4n) is 1.24. The second kappa shape index (κ2) is 4.62. The minimum Gasteiger partial charge on any atom is -0.507 e. The molecule has 1 aromatic carbocycles. The lowest BCUT2D eigenvalue weighted by molar-refractivity contribution is 0.102. The number of nitrogens with two attached hydrogens (primary N) is 1. The van der Waals surface area contributed by atoms with Crippen LogP contribution in [0.4, 0.5) is 11.5 Å². The average Bonchev–Trinajstić information content (AvgIpc) is 2.68.